The Labute approximate surface area is 152 Å². The van der Waals surface area contributed by atoms with Crippen LogP contribution in [0.5, 0.6) is 0 Å². The summed E-state index contributed by atoms with van der Waals surface area (Å²) in [5.74, 6) is -0.231. The second-order valence-corrected chi connectivity index (χ2v) is 7.42. The fraction of sp³-hybridized carbons (Fsp3) is 0.810. The van der Waals surface area contributed by atoms with Gasteiger partial charge in [-0.15, -0.1) is 0 Å². The Morgan fingerprint density at radius 2 is 1.04 bits per heavy atom. The molecule has 0 spiro atoms. The molecule has 0 unspecified atom stereocenters. The van der Waals surface area contributed by atoms with Gasteiger partial charge in [0.1, 0.15) is 0 Å². The van der Waals surface area contributed by atoms with E-state index in [-0.39, 0.29) is 23.8 Å². The van der Waals surface area contributed by atoms with Gasteiger partial charge in [0, 0.05) is 0 Å². The lowest BCUT2D eigenvalue weighted by Gasteiger charge is -2.27. The Kier molecular flexibility index (Phi) is 8.50. The Bertz CT molecular complexity index is 468. The lowest BCUT2D eigenvalue weighted by molar-refractivity contribution is -0.143. The first-order valence-electron chi connectivity index (χ1n) is 10.3. The minimum atomic E-state index is -0.275. The molecule has 0 aromatic rings. The molecule has 4 heteroatoms. The molecule has 142 valence electrons. The molecule has 0 bridgehead atoms. The van der Waals surface area contributed by atoms with Crippen molar-refractivity contribution in [3.05, 3.63) is 11.1 Å². The van der Waals surface area contributed by atoms with Crippen molar-refractivity contribution in [2.45, 2.75) is 84.5 Å². The van der Waals surface area contributed by atoms with Crippen LogP contribution in [0.25, 0.3) is 0 Å². The highest BCUT2D eigenvalue weighted by Crippen LogP contribution is 2.39. The van der Waals surface area contributed by atoms with Crippen molar-refractivity contribution in [2.24, 2.45) is 11.8 Å². The van der Waals surface area contributed by atoms with Crippen molar-refractivity contribution in [2.75, 3.05) is 13.2 Å². The van der Waals surface area contributed by atoms with Crippen molar-refractivity contribution in [3.63, 3.8) is 0 Å². The van der Waals surface area contributed by atoms with Gasteiger partial charge in [-0.25, -0.2) is 9.59 Å². The number of carbonyl (C=O) groups excluding carboxylic acids is 2. The van der Waals surface area contributed by atoms with Crippen molar-refractivity contribution in [1.29, 1.82) is 0 Å². The van der Waals surface area contributed by atoms with E-state index in [1.54, 1.807) is 0 Å². The maximum atomic E-state index is 12.9. The van der Waals surface area contributed by atoms with Gasteiger partial charge in [0.2, 0.25) is 0 Å². The number of carbonyl (C=O) groups is 2. The quantitative estimate of drug-likeness (QED) is 0.458. The van der Waals surface area contributed by atoms with E-state index in [9.17, 15) is 9.59 Å². The van der Waals surface area contributed by atoms with Crippen LogP contribution in [0.15, 0.2) is 11.1 Å². The van der Waals surface area contributed by atoms with Crippen LogP contribution in [0.4, 0.5) is 0 Å². The van der Waals surface area contributed by atoms with Gasteiger partial charge in [-0.05, 0) is 50.4 Å². The summed E-state index contributed by atoms with van der Waals surface area (Å²) < 4.78 is 11.0. The summed E-state index contributed by atoms with van der Waals surface area (Å²) in [7, 11) is 0. The smallest absolute Gasteiger partial charge is 0.334 e. The highest BCUT2D eigenvalue weighted by Gasteiger charge is 2.35. The largest absolute Gasteiger partial charge is 0.462 e. The van der Waals surface area contributed by atoms with E-state index in [4.69, 9.17) is 9.47 Å². The lowest BCUT2D eigenvalue weighted by atomic mass is 9.79. The molecular weight excluding hydrogens is 316 g/mol. The van der Waals surface area contributed by atoms with Gasteiger partial charge in [-0.3, -0.25) is 0 Å². The number of hydrogen-bond donors (Lipinski definition) is 0. The van der Waals surface area contributed by atoms with Gasteiger partial charge in [0.15, 0.2) is 0 Å². The molecule has 4 nitrogen and oxygen atoms in total. The van der Waals surface area contributed by atoms with Gasteiger partial charge in [0.05, 0.1) is 24.4 Å². The van der Waals surface area contributed by atoms with E-state index in [2.05, 4.69) is 0 Å². The molecule has 0 aromatic carbocycles. The van der Waals surface area contributed by atoms with E-state index < -0.39 is 0 Å². The molecule has 25 heavy (non-hydrogen) atoms. The second-order valence-electron chi connectivity index (χ2n) is 7.42. The van der Waals surface area contributed by atoms with Gasteiger partial charge in [-0.1, -0.05) is 46.0 Å². The number of ether oxygens (including phenoxy) is 2. The first-order valence-corrected chi connectivity index (χ1v) is 10.3. The Balaban J connectivity index is 2.37. The molecule has 2 rings (SSSR count). The zero-order chi connectivity index (χ0) is 18.1. The van der Waals surface area contributed by atoms with Gasteiger partial charge < -0.3 is 9.47 Å². The SMILES string of the molecule is CCCOC(=O)C(=C(C(=O)OCCC)C1CCCC1)C1CCCCC1. The maximum absolute atomic E-state index is 12.9. The molecule has 0 aliphatic heterocycles. The predicted molar refractivity (Wildman–Crippen MR) is 98.1 cm³/mol. The second kappa shape index (κ2) is 10.6. The minimum Gasteiger partial charge on any atom is -0.462 e. The average molecular weight is 350 g/mol. The Morgan fingerprint density at radius 3 is 1.40 bits per heavy atom. The predicted octanol–water partition coefficient (Wildman–Crippen LogP) is 4.96. The van der Waals surface area contributed by atoms with E-state index in [1.165, 1.54) is 6.42 Å². The van der Waals surface area contributed by atoms with Gasteiger partial charge in [-0.2, -0.15) is 0 Å². The van der Waals surface area contributed by atoms with Crippen LogP contribution < -0.4 is 0 Å². The molecule has 2 aliphatic rings. The standard InChI is InChI=1S/C21H34O4/c1-3-14-24-20(22)18(16-10-6-5-7-11-16)19(17-12-8-9-13-17)21(23)25-15-4-2/h16-17H,3-15H2,1-2H3. The van der Waals surface area contributed by atoms with Crippen LogP contribution in [-0.2, 0) is 19.1 Å². The fourth-order valence-electron chi connectivity index (χ4n) is 4.14. The number of esters is 2. The summed E-state index contributed by atoms with van der Waals surface area (Å²) in [6.07, 6.45) is 11.2. The van der Waals surface area contributed by atoms with Crippen LogP contribution in [0.2, 0.25) is 0 Å². The molecule has 0 atom stereocenters. The van der Waals surface area contributed by atoms with Crippen molar-refractivity contribution >= 4 is 11.9 Å². The van der Waals surface area contributed by atoms with Crippen molar-refractivity contribution < 1.29 is 19.1 Å². The third kappa shape index (κ3) is 5.58. The molecule has 2 saturated carbocycles. The zero-order valence-electron chi connectivity index (χ0n) is 16.0. The normalized spacial score (nSPS) is 20.2. The summed E-state index contributed by atoms with van der Waals surface area (Å²) in [6.45, 7) is 4.81. The molecule has 0 amide bonds. The highest BCUT2D eigenvalue weighted by molar-refractivity contribution is 6.01. The highest BCUT2D eigenvalue weighted by atomic mass is 16.5. The van der Waals surface area contributed by atoms with Crippen molar-refractivity contribution in [3.8, 4) is 0 Å². The third-order valence-electron chi connectivity index (χ3n) is 5.38. The fourth-order valence-corrected chi connectivity index (χ4v) is 4.14. The molecule has 0 aromatic heterocycles. The Hall–Kier alpha value is -1.32. The summed E-state index contributed by atoms with van der Waals surface area (Å²) in [5, 5.41) is 0. The maximum Gasteiger partial charge on any atom is 0.334 e. The van der Waals surface area contributed by atoms with Crippen LogP contribution in [0.3, 0.4) is 0 Å². The van der Waals surface area contributed by atoms with Crippen LogP contribution >= 0.6 is 0 Å². The zero-order valence-corrected chi connectivity index (χ0v) is 16.0. The first kappa shape index (κ1) is 20.0. The first-order chi connectivity index (χ1) is 12.2. The summed E-state index contributed by atoms with van der Waals surface area (Å²) in [6, 6.07) is 0. The summed E-state index contributed by atoms with van der Waals surface area (Å²) in [4.78, 5) is 25.8. The number of hydrogen-bond acceptors (Lipinski definition) is 4. The van der Waals surface area contributed by atoms with E-state index >= 15 is 0 Å². The molecule has 2 aliphatic carbocycles. The summed E-state index contributed by atoms with van der Waals surface area (Å²) in [5.41, 5.74) is 1.31. The molecule has 0 heterocycles. The molecule has 2 fully saturated rings. The number of rotatable bonds is 8. The van der Waals surface area contributed by atoms with E-state index in [0.29, 0.717) is 24.4 Å². The van der Waals surface area contributed by atoms with E-state index in [0.717, 1.165) is 64.2 Å². The monoisotopic (exact) mass is 350 g/mol. The summed E-state index contributed by atoms with van der Waals surface area (Å²) >= 11 is 0. The van der Waals surface area contributed by atoms with Crippen LogP contribution in [0.1, 0.15) is 84.5 Å². The van der Waals surface area contributed by atoms with Gasteiger partial charge in [0.25, 0.3) is 0 Å². The minimum absolute atomic E-state index is 0.155. The molecule has 0 saturated heterocycles. The topological polar surface area (TPSA) is 52.6 Å². The van der Waals surface area contributed by atoms with Gasteiger partial charge >= 0.3 is 11.9 Å². The molecule has 0 N–H and O–H groups in total. The Morgan fingerprint density at radius 1 is 0.680 bits per heavy atom. The van der Waals surface area contributed by atoms with Crippen LogP contribution in [-0.4, -0.2) is 25.2 Å². The van der Waals surface area contributed by atoms with Crippen molar-refractivity contribution in [1.82, 2.24) is 0 Å². The lowest BCUT2D eigenvalue weighted by Crippen LogP contribution is -2.27. The van der Waals surface area contributed by atoms with Crippen LogP contribution in [0, 0.1) is 11.8 Å². The molecular formula is C21H34O4. The third-order valence-corrected chi connectivity index (χ3v) is 5.38. The molecule has 0 radical (unpaired) electrons. The van der Waals surface area contributed by atoms with E-state index in [1.807, 2.05) is 13.8 Å². The average Bonchev–Trinajstić information content (AvgIpc) is 3.16.